The number of rotatable bonds is 2. The van der Waals surface area contributed by atoms with E-state index in [9.17, 15) is 0 Å². The summed E-state index contributed by atoms with van der Waals surface area (Å²) in [6.45, 7) is 2.03. The van der Waals surface area contributed by atoms with Gasteiger partial charge in [-0.25, -0.2) is 9.97 Å². The first-order valence-corrected chi connectivity index (χ1v) is 4.45. The van der Waals surface area contributed by atoms with Crippen molar-refractivity contribution in [2.45, 2.75) is 13.3 Å². The Balaban J connectivity index is 2.48. The molecule has 0 aliphatic heterocycles. The Morgan fingerprint density at radius 1 is 1.43 bits per heavy atom. The Morgan fingerprint density at radius 2 is 2.29 bits per heavy atom. The third-order valence-corrected chi connectivity index (χ3v) is 1.94. The van der Waals surface area contributed by atoms with Gasteiger partial charge in [0.05, 0.1) is 11.8 Å². The highest BCUT2D eigenvalue weighted by Crippen LogP contribution is 2.17. The van der Waals surface area contributed by atoms with Crippen molar-refractivity contribution in [3.8, 4) is 11.4 Å². The molecule has 0 aromatic carbocycles. The van der Waals surface area contributed by atoms with Crippen LogP contribution in [-0.4, -0.2) is 9.97 Å². The van der Waals surface area contributed by atoms with E-state index in [-0.39, 0.29) is 0 Å². The van der Waals surface area contributed by atoms with Crippen LogP contribution in [0.2, 0.25) is 0 Å². The Bertz CT molecular complexity index is 423. The van der Waals surface area contributed by atoms with Gasteiger partial charge in [0.25, 0.3) is 0 Å². The number of nitrogen functional groups attached to an aromatic ring is 1. The van der Waals surface area contributed by atoms with E-state index in [4.69, 9.17) is 10.2 Å². The molecule has 0 saturated carbocycles. The van der Waals surface area contributed by atoms with Crippen LogP contribution in [0.15, 0.2) is 29.1 Å². The largest absolute Gasteiger partial charge is 0.472 e. The molecule has 2 rings (SSSR count). The van der Waals surface area contributed by atoms with E-state index in [1.807, 2.05) is 13.0 Å². The van der Waals surface area contributed by atoms with Crippen LogP contribution in [0.25, 0.3) is 11.4 Å². The molecule has 2 aromatic rings. The second-order valence-electron chi connectivity index (χ2n) is 2.97. The number of hydrogen-bond acceptors (Lipinski definition) is 4. The van der Waals surface area contributed by atoms with Crippen molar-refractivity contribution >= 4 is 5.82 Å². The van der Waals surface area contributed by atoms with Gasteiger partial charge in [0.15, 0.2) is 5.82 Å². The van der Waals surface area contributed by atoms with Gasteiger partial charge in [-0.2, -0.15) is 0 Å². The maximum atomic E-state index is 5.66. The van der Waals surface area contributed by atoms with Crippen LogP contribution in [0.1, 0.15) is 12.6 Å². The standard InChI is InChI=1S/C10H11N3O/c1-2-8-5-9(11)13-10(12-8)7-3-4-14-6-7/h3-6H,2H2,1H3,(H2,11,12,13). The number of nitrogens with zero attached hydrogens (tertiary/aromatic N) is 2. The predicted octanol–water partition coefficient (Wildman–Crippen LogP) is 1.88. The van der Waals surface area contributed by atoms with Gasteiger partial charge in [-0.3, -0.25) is 0 Å². The van der Waals surface area contributed by atoms with Crippen LogP contribution >= 0.6 is 0 Å². The van der Waals surface area contributed by atoms with Crippen LogP contribution < -0.4 is 5.73 Å². The highest BCUT2D eigenvalue weighted by Gasteiger charge is 2.05. The lowest BCUT2D eigenvalue weighted by Gasteiger charge is -2.01. The van der Waals surface area contributed by atoms with Gasteiger partial charge in [-0.05, 0) is 12.5 Å². The zero-order valence-corrected chi connectivity index (χ0v) is 7.90. The minimum Gasteiger partial charge on any atom is -0.472 e. The zero-order valence-electron chi connectivity index (χ0n) is 7.90. The molecule has 4 nitrogen and oxygen atoms in total. The quantitative estimate of drug-likeness (QED) is 0.783. The van der Waals surface area contributed by atoms with Crippen molar-refractivity contribution in [3.63, 3.8) is 0 Å². The van der Waals surface area contributed by atoms with Crippen LogP contribution in [0.3, 0.4) is 0 Å². The Hall–Kier alpha value is -1.84. The van der Waals surface area contributed by atoms with Gasteiger partial charge < -0.3 is 10.2 Å². The number of aromatic nitrogens is 2. The van der Waals surface area contributed by atoms with Gasteiger partial charge in [0.1, 0.15) is 12.1 Å². The van der Waals surface area contributed by atoms with Crippen molar-refractivity contribution in [3.05, 3.63) is 30.4 Å². The van der Waals surface area contributed by atoms with E-state index >= 15 is 0 Å². The molecule has 0 unspecified atom stereocenters. The molecule has 0 spiro atoms. The Morgan fingerprint density at radius 3 is 2.93 bits per heavy atom. The second-order valence-corrected chi connectivity index (χ2v) is 2.97. The summed E-state index contributed by atoms with van der Waals surface area (Å²) in [7, 11) is 0. The van der Waals surface area contributed by atoms with Crippen LogP contribution in [-0.2, 0) is 6.42 Å². The number of hydrogen-bond donors (Lipinski definition) is 1. The minimum atomic E-state index is 0.494. The van der Waals surface area contributed by atoms with E-state index in [2.05, 4.69) is 9.97 Å². The minimum absolute atomic E-state index is 0.494. The average molecular weight is 189 g/mol. The summed E-state index contributed by atoms with van der Waals surface area (Å²) in [4.78, 5) is 8.47. The molecular weight excluding hydrogens is 178 g/mol. The zero-order chi connectivity index (χ0) is 9.97. The molecule has 14 heavy (non-hydrogen) atoms. The normalized spacial score (nSPS) is 10.4. The predicted molar refractivity (Wildman–Crippen MR) is 53.5 cm³/mol. The van der Waals surface area contributed by atoms with Crippen molar-refractivity contribution in [1.82, 2.24) is 9.97 Å². The molecule has 0 atom stereocenters. The van der Waals surface area contributed by atoms with E-state index < -0.39 is 0 Å². The van der Waals surface area contributed by atoms with Crippen LogP contribution in [0.5, 0.6) is 0 Å². The number of anilines is 1. The summed E-state index contributed by atoms with van der Waals surface area (Å²) >= 11 is 0. The first-order chi connectivity index (χ1) is 6.79. The van der Waals surface area contributed by atoms with Gasteiger partial charge in [-0.15, -0.1) is 0 Å². The summed E-state index contributed by atoms with van der Waals surface area (Å²) in [6.07, 6.45) is 4.04. The van der Waals surface area contributed by atoms with Crippen molar-refractivity contribution in [1.29, 1.82) is 0 Å². The molecule has 2 N–H and O–H groups in total. The fourth-order valence-electron chi connectivity index (χ4n) is 1.22. The van der Waals surface area contributed by atoms with Gasteiger partial charge >= 0.3 is 0 Å². The number of furan rings is 1. The smallest absolute Gasteiger partial charge is 0.164 e. The fraction of sp³-hybridized carbons (Fsp3) is 0.200. The molecular formula is C10H11N3O. The first kappa shape index (κ1) is 8.74. The SMILES string of the molecule is CCc1cc(N)nc(-c2ccoc2)n1. The average Bonchev–Trinajstić information content (AvgIpc) is 2.69. The van der Waals surface area contributed by atoms with E-state index in [0.29, 0.717) is 11.6 Å². The molecule has 4 heteroatoms. The highest BCUT2D eigenvalue weighted by atomic mass is 16.3. The van der Waals surface area contributed by atoms with Gasteiger partial charge in [0.2, 0.25) is 0 Å². The lowest BCUT2D eigenvalue weighted by atomic mass is 10.2. The van der Waals surface area contributed by atoms with Crippen molar-refractivity contribution in [2.24, 2.45) is 0 Å². The third kappa shape index (κ3) is 1.59. The van der Waals surface area contributed by atoms with E-state index in [1.165, 1.54) is 0 Å². The molecule has 0 fully saturated rings. The lowest BCUT2D eigenvalue weighted by molar-refractivity contribution is 0.568. The third-order valence-electron chi connectivity index (χ3n) is 1.94. The van der Waals surface area contributed by atoms with E-state index in [1.54, 1.807) is 18.6 Å². The molecule has 0 amide bonds. The molecule has 2 aromatic heterocycles. The summed E-state index contributed by atoms with van der Waals surface area (Å²) in [5.41, 5.74) is 7.45. The molecule has 0 radical (unpaired) electrons. The van der Waals surface area contributed by atoms with E-state index in [0.717, 1.165) is 17.7 Å². The lowest BCUT2D eigenvalue weighted by Crippen LogP contribution is -1.98. The van der Waals surface area contributed by atoms with Gasteiger partial charge in [-0.1, -0.05) is 6.92 Å². The maximum absolute atomic E-state index is 5.66. The molecule has 0 aliphatic rings. The summed E-state index contributed by atoms with van der Waals surface area (Å²) < 4.78 is 4.96. The van der Waals surface area contributed by atoms with Crippen LogP contribution in [0, 0.1) is 0 Å². The topological polar surface area (TPSA) is 64.9 Å². The fourth-order valence-corrected chi connectivity index (χ4v) is 1.22. The van der Waals surface area contributed by atoms with Gasteiger partial charge in [0, 0.05) is 11.8 Å². The molecule has 0 bridgehead atoms. The molecule has 2 heterocycles. The molecule has 0 aliphatic carbocycles. The van der Waals surface area contributed by atoms with Crippen molar-refractivity contribution in [2.75, 3.05) is 5.73 Å². The molecule has 72 valence electrons. The Kier molecular flexibility index (Phi) is 2.18. The first-order valence-electron chi connectivity index (χ1n) is 4.45. The summed E-state index contributed by atoms with van der Waals surface area (Å²) in [6, 6.07) is 3.60. The number of nitrogens with two attached hydrogens (primary N) is 1. The second kappa shape index (κ2) is 3.49. The maximum Gasteiger partial charge on any atom is 0.164 e. The Labute approximate surface area is 81.8 Å². The van der Waals surface area contributed by atoms with Crippen LogP contribution in [0.4, 0.5) is 5.82 Å². The summed E-state index contributed by atoms with van der Waals surface area (Å²) in [5, 5.41) is 0. The number of aryl methyl sites for hydroxylation is 1. The monoisotopic (exact) mass is 189 g/mol. The highest BCUT2D eigenvalue weighted by molar-refractivity contribution is 5.55. The van der Waals surface area contributed by atoms with Crippen molar-refractivity contribution < 1.29 is 4.42 Å². The molecule has 0 saturated heterocycles. The summed E-state index contributed by atoms with van der Waals surface area (Å²) in [5.74, 6) is 1.11.